The molecule has 8 heteroatoms. The fourth-order valence-electron chi connectivity index (χ4n) is 9.69. The van der Waals surface area contributed by atoms with Crippen LogP contribution >= 0.6 is 0 Å². The fraction of sp³-hybridized carbons (Fsp3) is 0.829. The van der Waals surface area contributed by atoms with Crippen LogP contribution in [-0.4, -0.2) is 36.1 Å². The SMILES string of the molecule is CC(C)CCCC(C)C1CCC2C3C(OC(=O)CCC(=O)[O-])C=C4CC(OC(=O)CCC(=O)[O-])CCC4(C)C3CCC12C. The molecule has 8 nitrogen and oxygen atoms in total. The van der Waals surface area contributed by atoms with Gasteiger partial charge in [-0.15, -0.1) is 0 Å². The van der Waals surface area contributed by atoms with E-state index < -0.39 is 30.0 Å². The van der Waals surface area contributed by atoms with E-state index in [1.807, 2.05) is 0 Å². The molecule has 3 saturated carbocycles. The average molecular weight is 601 g/mol. The second kappa shape index (κ2) is 13.7. The van der Waals surface area contributed by atoms with Crippen molar-refractivity contribution in [3.8, 4) is 0 Å². The van der Waals surface area contributed by atoms with Gasteiger partial charge in [-0.2, -0.15) is 0 Å². The summed E-state index contributed by atoms with van der Waals surface area (Å²) in [6, 6.07) is 0. The van der Waals surface area contributed by atoms with Crippen LogP contribution in [0, 0.1) is 46.3 Å². The summed E-state index contributed by atoms with van der Waals surface area (Å²) in [5, 5.41) is 21.8. The normalized spacial score (nSPS) is 35.6. The standard InChI is InChI=1S/C35H54O8/c1-21(2)7-6-8-22(3)25-9-10-26-33-27(16-18-35(25,26)5)34(4)17-15-24(42-31(40)13-11-29(36)37)19-23(34)20-28(33)43-32(41)14-12-30(38)39/h20-22,24-28,33H,6-19H2,1-5H3,(H,36,37)(H,38,39)/p-2. The van der Waals surface area contributed by atoms with Gasteiger partial charge in [0.1, 0.15) is 12.2 Å². The van der Waals surface area contributed by atoms with E-state index >= 15 is 0 Å². The number of carboxylic acids is 2. The summed E-state index contributed by atoms with van der Waals surface area (Å²) in [6.07, 6.45) is 10.5. The first-order chi connectivity index (χ1) is 20.2. The number of fused-ring (bicyclic) bond motifs is 5. The van der Waals surface area contributed by atoms with Crippen molar-refractivity contribution < 1.29 is 38.9 Å². The van der Waals surface area contributed by atoms with E-state index in [4.69, 9.17) is 9.47 Å². The zero-order valence-electron chi connectivity index (χ0n) is 26.9. The molecular weight excluding hydrogens is 548 g/mol. The molecule has 0 aromatic heterocycles. The molecular formula is C35H52O8-2. The molecule has 0 N–H and O–H groups in total. The smallest absolute Gasteiger partial charge is 0.306 e. The largest absolute Gasteiger partial charge is 0.550 e. The Labute approximate surface area is 257 Å². The quantitative estimate of drug-likeness (QED) is 0.223. The van der Waals surface area contributed by atoms with Gasteiger partial charge in [0.25, 0.3) is 0 Å². The Morgan fingerprint density at radius 3 is 2.12 bits per heavy atom. The molecule has 0 heterocycles. The van der Waals surface area contributed by atoms with Crippen molar-refractivity contribution in [2.75, 3.05) is 0 Å². The van der Waals surface area contributed by atoms with Gasteiger partial charge in [-0.05, 0) is 97.9 Å². The topological polar surface area (TPSA) is 133 Å². The zero-order valence-corrected chi connectivity index (χ0v) is 26.9. The van der Waals surface area contributed by atoms with Gasteiger partial charge in [0.2, 0.25) is 0 Å². The summed E-state index contributed by atoms with van der Waals surface area (Å²) in [5.41, 5.74) is 1.20. The van der Waals surface area contributed by atoms with E-state index in [1.165, 1.54) is 25.7 Å². The van der Waals surface area contributed by atoms with E-state index in [1.54, 1.807) is 0 Å². The molecule has 0 aromatic rings. The number of rotatable bonds is 13. The molecule has 4 rings (SSSR count). The highest BCUT2D eigenvalue weighted by Gasteiger charge is 2.62. The summed E-state index contributed by atoms with van der Waals surface area (Å²) in [7, 11) is 0. The van der Waals surface area contributed by atoms with Gasteiger partial charge in [-0.3, -0.25) is 9.59 Å². The Bertz CT molecular complexity index is 1080. The molecule has 4 aliphatic carbocycles. The Balaban J connectivity index is 1.57. The third kappa shape index (κ3) is 7.47. The number of hydrogen-bond acceptors (Lipinski definition) is 8. The van der Waals surface area contributed by atoms with Crippen molar-refractivity contribution in [1.29, 1.82) is 0 Å². The second-order valence-electron chi connectivity index (χ2n) is 15.0. The maximum absolute atomic E-state index is 12.9. The number of hydrogen-bond donors (Lipinski definition) is 0. The number of carboxylic acid groups (broad SMARTS) is 2. The molecule has 9 unspecified atom stereocenters. The van der Waals surface area contributed by atoms with E-state index in [9.17, 15) is 29.4 Å². The minimum Gasteiger partial charge on any atom is -0.550 e. The van der Waals surface area contributed by atoms with Gasteiger partial charge in [-0.25, -0.2) is 0 Å². The lowest BCUT2D eigenvalue weighted by molar-refractivity contribution is -0.307. The second-order valence-corrected chi connectivity index (χ2v) is 15.0. The highest BCUT2D eigenvalue weighted by Crippen LogP contribution is 2.67. The van der Waals surface area contributed by atoms with Crippen LogP contribution in [0.25, 0.3) is 0 Å². The summed E-state index contributed by atoms with van der Waals surface area (Å²) in [5.74, 6) is -0.719. The predicted molar refractivity (Wildman–Crippen MR) is 157 cm³/mol. The Morgan fingerprint density at radius 1 is 0.837 bits per heavy atom. The molecule has 0 aromatic carbocycles. The fourth-order valence-corrected chi connectivity index (χ4v) is 9.69. The summed E-state index contributed by atoms with van der Waals surface area (Å²) < 4.78 is 11.8. The van der Waals surface area contributed by atoms with Crippen LogP contribution in [0.1, 0.15) is 125 Å². The number of carbonyl (C=O) groups excluding carboxylic acids is 4. The van der Waals surface area contributed by atoms with E-state index in [2.05, 4.69) is 40.7 Å². The van der Waals surface area contributed by atoms with Crippen LogP contribution < -0.4 is 10.2 Å². The lowest BCUT2D eigenvalue weighted by Crippen LogP contribution is -2.55. The Kier molecular flexibility index (Phi) is 10.7. The van der Waals surface area contributed by atoms with E-state index in [-0.39, 0.29) is 48.5 Å². The molecule has 9 atom stereocenters. The van der Waals surface area contributed by atoms with Gasteiger partial charge in [-0.1, -0.05) is 59.5 Å². The lowest BCUT2D eigenvalue weighted by atomic mass is 9.46. The minimum atomic E-state index is -1.28. The van der Waals surface area contributed by atoms with Crippen molar-refractivity contribution in [2.24, 2.45) is 46.3 Å². The van der Waals surface area contributed by atoms with Crippen LogP contribution in [0.15, 0.2) is 11.6 Å². The third-order valence-electron chi connectivity index (χ3n) is 11.9. The van der Waals surface area contributed by atoms with Crippen molar-refractivity contribution in [3.05, 3.63) is 11.6 Å². The molecule has 242 valence electrons. The van der Waals surface area contributed by atoms with Gasteiger partial charge < -0.3 is 29.3 Å². The molecule has 0 radical (unpaired) electrons. The van der Waals surface area contributed by atoms with E-state index in [0.717, 1.165) is 31.3 Å². The molecule has 4 aliphatic rings. The van der Waals surface area contributed by atoms with Crippen LogP contribution in [0.3, 0.4) is 0 Å². The average Bonchev–Trinajstić information content (AvgIpc) is 3.28. The Hall–Kier alpha value is -2.38. The van der Waals surface area contributed by atoms with Crippen LogP contribution in [0.4, 0.5) is 0 Å². The molecule has 43 heavy (non-hydrogen) atoms. The first-order valence-electron chi connectivity index (χ1n) is 16.7. The maximum atomic E-state index is 12.9. The molecule has 0 amide bonds. The van der Waals surface area contributed by atoms with Crippen LogP contribution in [0.5, 0.6) is 0 Å². The van der Waals surface area contributed by atoms with Gasteiger partial charge >= 0.3 is 11.9 Å². The third-order valence-corrected chi connectivity index (χ3v) is 11.9. The zero-order chi connectivity index (χ0) is 31.5. The Morgan fingerprint density at radius 2 is 1.49 bits per heavy atom. The van der Waals surface area contributed by atoms with Crippen molar-refractivity contribution in [1.82, 2.24) is 0 Å². The molecule has 0 aliphatic heterocycles. The maximum Gasteiger partial charge on any atom is 0.306 e. The highest BCUT2D eigenvalue weighted by atomic mass is 16.5. The minimum absolute atomic E-state index is 0.102. The van der Waals surface area contributed by atoms with Crippen molar-refractivity contribution in [3.63, 3.8) is 0 Å². The van der Waals surface area contributed by atoms with Crippen LogP contribution in [-0.2, 0) is 28.7 Å². The van der Waals surface area contributed by atoms with Crippen LogP contribution in [0.2, 0.25) is 0 Å². The molecule has 0 bridgehead atoms. The summed E-state index contributed by atoms with van der Waals surface area (Å²) in [6.45, 7) is 11.8. The summed E-state index contributed by atoms with van der Waals surface area (Å²) >= 11 is 0. The molecule has 0 spiro atoms. The number of ether oxygens (including phenoxy) is 2. The predicted octanol–water partition coefficient (Wildman–Crippen LogP) is 4.52. The monoisotopic (exact) mass is 600 g/mol. The van der Waals surface area contributed by atoms with Crippen molar-refractivity contribution >= 4 is 23.9 Å². The number of carbonyl (C=O) groups is 4. The van der Waals surface area contributed by atoms with Gasteiger partial charge in [0.15, 0.2) is 0 Å². The van der Waals surface area contributed by atoms with Crippen molar-refractivity contribution in [2.45, 2.75) is 137 Å². The molecule has 3 fully saturated rings. The first kappa shape index (κ1) is 33.5. The molecule has 0 saturated heterocycles. The van der Waals surface area contributed by atoms with Gasteiger partial charge in [0, 0.05) is 24.3 Å². The lowest BCUT2D eigenvalue weighted by Gasteiger charge is -2.59. The summed E-state index contributed by atoms with van der Waals surface area (Å²) in [4.78, 5) is 47.1. The van der Waals surface area contributed by atoms with Gasteiger partial charge in [0.05, 0.1) is 12.8 Å². The number of esters is 2. The number of aliphatic carboxylic acids is 2. The first-order valence-corrected chi connectivity index (χ1v) is 16.7. The van der Waals surface area contributed by atoms with E-state index in [0.29, 0.717) is 42.4 Å². The highest BCUT2D eigenvalue weighted by molar-refractivity contribution is 5.76.